The summed E-state index contributed by atoms with van der Waals surface area (Å²) in [5.74, 6) is 0.276. The topological polar surface area (TPSA) is 46.6 Å². The quantitative estimate of drug-likeness (QED) is 0.618. The van der Waals surface area contributed by atoms with Crippen molar-refractivity contribution >= 4 is 27.7 Å². The number of halogens is 1. The van der Waals surface area contributed by atoms with Crippen LogP contribution in [0.4, 0.5) is 0 Å². The Morgan fingerprint density at radius 2 is 2.06 bits per heavy atom. The van der Waals surface area contributed by atoms with E-state index in [0.717, 1.165) is 0 Å². The van der Waals surface area contributed by atoms with Gasteiger partial charge in [0.2, 0.25) is 5.91 Å². The molecule has 1 heterocycles. The minimum absolute atomic E-state index is 0.161. The maximum atomic E-state index is 12.0. The summed E-state index contributed by atoms with van der Waals surface area (Å²) in [5.41, 5.74) is 0.501. The maximum absolute atomic E-state index is 12.0. The molecule has 1 fully saturated rings. The Kier molecular flexibility index (Phi) is 3.47. The van der Waals surface area contributed by atoms with Gasteiger partial charge in [0.15, 0.2) is 0 Å². The second kappa shape index (κ2) is 4.87. The van der Waals surface area contributed by atoms with Crippen molar-refractivity contribution in [2.75, 3.05) is 13.7 Å². The average molecular weight is 298 g/mol. The fourth-order valence-electron chi connectivity index (χ4n) is 1.74. The highest BCUT2D eigenvalue weighted by Crippen LogP contribution is 2.21. The SMILES string of the molecule is COc1ccc(C(=O)N2CC[C@@H](Br)C2=O)cc1. The molecule has 1 atom stereocenters. The van der Waals surface area contributed by atoms with Crippen molar-refractivity contribution in [3.63, 3.8) is 0 Å². The lowest BCUT2D eigenvalue weighted by Crippen LogP contribution is -2.33. The molecule has 0 radical (unpaired) electrons. The predicted octanol–water partition coefficient (Wildman–Crippen LogP) is 1.83. The van der Waals surface area contributed by atoms with Crippen LogP contribution in [0.15, 0.2) is 24.3 Å². The highest BCUT2D eigenvalue weighted by Gasteiger charge is 2.34. The molecule has 0 aliphatic carbocycles. The zero-order chi connectivity index (χ0) is 12.4. The van der Waals surface area contributed by atoms with Crippen LogP contribution < -0.4 is 4.74 Å². The fourth-order valence-corrected chi connectivity index (χ4v) is 2.19. The first kappa shape index (κ1) is 12.1. The van der Waals surface area contributed by atoms with Gasteiger partial charge in [0.05, 0.1) is 11.9 Å². The molecule has 17 heavy (non-hydrogen) atoms. The van der Waals surface area contributed by atoms with E-state index in [2.05, 4.69) is 15.9 Å². The third-order valence-electron chi connectivity index (χ3n) is 2.72. The first-order chi connectivity index (χ1) is 8.13. The average Bonchev–Trinajstić information content (AvgIpc) is 2.69. The van der Waals surface area contributed by atoms with Crippen LogP contribution in [0.3, 0.4) is 0 Å². The van der Waals surface area contributed by atoms with E-state index in [1.807, 2.05) is 0 Å². The van der Waals surface area contributed by atoms with Gasteiger partial charge >= 0.3 is 0 Å². The van der Waals surface area contributed by atoms with Crippen molar-refractivity contribution in [3.8, 4) is 5.75 Å². The van der Waals surface area contributed by atoms with Crippen molar-refractivity contribution in [1.29, 1.82) is 0 Å². The van der Waals surface area contributed by atoms with E-state index in [0.29, 0.717) is 24.3 Å². The van der Waals surface area contributed by atoms with Crippen LogP contribution in [0.1, 0.15) is 16.8 Å². The molecule has 0 aromatic heterocycles. The van der Waals surface area contributed by atoms with E-state index in [1.165, 1.54) is 4.90 Å². The van der Waals surface area contributed by atoms with Crippen LogP contribution >= 0.6 is 15.9 Å². The number of alkyl halides is 1. The standard InChI is InChI=1S/C12H12BrNO3/c1-17-9-4-2-8(3-5-9)11(15)14-7-6-10(13)12(14)16/h2-5,10H,6-7H2,1H3/t10-/m1/s1. The van der Waals surface area contributed by atoms with Gasteiger partial charge in [0, 0.05) is 12.1 Å². The number of methoxy groups -OCH3 is 1. The van der Waals surface area contributed by atoms with Gasteiger partial charge in [-0.15, -0.1) is 0 Å². The number of imide groups is 1. The minimum atomic E-state index is -0.250. The lowest BCUT2D eigenvalue weighted by atomic mass is 10.2. The van der Waals surface area contributed by atoms with Gasteiger partial charge in [0.1, 0.15) is 5.75 Å². The number of benzene rings is 1. The Hall–Kier alpha value is -1.36. The number of hydrogen-bond acceptors (Lipinski definition) is 3. The van der Waals surface area contributed by atoms with E-state index in [9.17, 15) is 9.59 Å². The van der Waals surface area contributed by atoms with Crippen LogP contribution in [0, 0.1) is 0 Å². The van der Waals surface area contributed by atoms with Crippen LogP contribution in [-0.2, 0) is 4.79 Å². The van der Waals surface area contributed by atoms with Gasteiger partial charge in [-0.3, -0.25) is 14.5 Å². The molecule has 1 aromatic rings. The number of hydrogen-bond donors (Lipinski definition) is 0. The van der Waals surface area contributed by atoms with Crippen molar-refractivity contribution in [3.05, 3.63) is 29.8 Å². The molecule has 0 spiro atoms. The largest absolute Gasteiger partial charge is 0.497 e. The lowest BCUT2D eigenvalue weighted by molar-refractivity contribution is -0.124. The van der Waals surface area contributed by atoms with Gasteiger partial charge in [-0.1, -0.05) is 15.9 Å². The van der Waals surface area contributed by atoms with Crippen molar-refractivity contribution in [2.24, 2.45) is 0 Å². The van der Waals surface area contributed by atoms with E-state index in [4.69, 9.17) is 4.74 Å². The summed E-state index contributed by atoms with van der Waals surface area (Å²) in [5, 5.41) is 0. The summed E-state index contributed by atoms with van der Waals surface area (Å²) in [6, 6.07) is 6.74. The minimum Gasteiger partial charge on any atom is -0.497 e. The molecule has 0 saturated carbocycles. The number of amides is 2. The Morgan fingerprint density at radius 3 is 2.53 bits per heavy atom. The Morgan fingerprint density at radius 1 is 1.41 bits per heavy atom. The molecule has 0 N–H and O–H groups in total. The van der Waals surface area contributed by atoms with Crippen LogP contribution in [0.25, 0.3) is 0 Å². The third-order valence-corrected chi connectivity index (χ3v) is 3.57. The molecule has 0 bridgehead atoms. The molecular weight excluding hydrogens is 286 g/mol. The summed E-state index contributed by atoms with van der Waals surface area (Å²) in [4.78, 5) is 24.8. The number of nitrogens with zero attached hydrogens (tertiary/aromatic N) is 1. The maximum Gasteiger partial charge on any atom is 0.260 e. The van der Waals surface area contributed by atoms with E-state index in [-0.39, 0.29) is 16.6 Å². The summed E-state index contributed by atoms with van der Waals surface area (Å²) in [6.07, 6.45) is 0.667. The molecule has 1 aliphatic rings. The highest BCUT2D eigenvalue weighted by molar-refractivity contribution is 9.10. The Labute approximate surface area is 108 Å². The van der Waals surface area contributed by atoms with E-state index < -0.39 is 0 Å². The van der Waals surface area contributed by atoms with Gasteiger partial charge in [-0.2, -0.15) is 0 Å². The summed E-state index contributed by atoms with van der Waals surface area (Å²) < 4.78 is 5.01. The first-order valence-electron chi connectivity index (χ1n) is 5.27. The zero-order valence-corrected chi connectivity index (χ0v) is 10.9. The first-order valence-corrected chi connectivity index (χ1v) is 6.19. The van der Waals surface area contributed by atoms with Gasteiger partial charge in [-0.25, -0.2) is 0 Å². The molecule has 1 aliphatic heterocycles. The normalized spacial score (nSPS) is 19.5. The smallest absolute Gasteiger partial charge is 0.260 e. The predicted molar refractivity (Wildman–Crippen MR) is 66.4 cm³/mol. The molecule has 0 unspecified atom stereocenters. The van der Waals surface area contributed by atoms with Crippen LogP contribution in [-0.4, -0.2) is 35.2 Å². The van der Waals surface area contributed by atoms with E-state index >= 15 is 0 Å². The Balaban J connectivity index is 2.17. The second-order valence-corrected chi connectivity index (χ2v) is 4.89. The monoisotopic (exact) mass is 297 g/mol. The molecule has 1 aromatic carbocycles. The molecule has 2 amide bonds. The number of carbonyl (C=O) groups is 2. The molecule has 2 rings (SSSR count). The number of carbonyl (C=O) groups excluding carboxylic acids is 2. The Bertz CT molecular complexity index is 444. The van der Waals surface area contributed by atoms with Gasteiger partial charge < -0.3 is 4.74 Å². The summed E-state index contributed by atoms with van der Waals surface area (Å²) in [7, 11) is 1.57. The third kappa shape index (κ3) is 2.34. The fraction of sp³-hybridized carbons (Fsp3) is 0.333. The number of rotatable bonds is 2. The number of ether oxygens (including phenoxy) is 1. The van der Waals surface area contributed by atoms with Crippen LogP contribution in [0.2, 0.25) is 0 Å². The highest BCUT2D eigenvalue weighted by atomic mass is 79.9. The van der Waals surface area contributed by atoms with E-state index in [1.54, 1.807) is 31.4 Å². The second-order valence-electron chi connectivity index (χ2n) is 3.78. The molecule has 90 valence electrons. The lowest BCUT2D eigenvalue weighted by Gasteiger charge is -2.13. The van der Waals surface area contributed by atoms with Gasteiger partial charge in [0.25, 0.3) is 5.91 Å². The molecule has 1 saturated heterocycles. The number of likely N-dealkylation sites (tertiary alicyclic amines) is 1. The summed E-state index contributed by atoms with van der Waals surface area (Å²) in [6.45, 7) is 0.472. The van der Waals surface area contributed by atoms with Crippen molar-refractivity contribution < 1.29 is 14.3 Å². The molecule has 4 nitrogen and oxygen atoms in total. The molecular formula is C12H12BrNO3. The van der Waals surface area contributed by atoms with Gasteiger partial charge in [-0.05, 0) is 30.7 Å². The summed E-state index contributed by atoms with van der Waals surface area (Å²) >= 11 is 3.24. The molecule has 5 heteroatoms. The van der Waals surface area contributed by atoms with Crippen molar-refractivity contribution in [2.45, 2.75) is 11.2 Å². The zero-order valence-electron chi connectivity index (χ0n) is 9.35. The van der Waals surface area contributed by atoms with Crippen LogP contribution in [0.5, 0.6) is 5.75 Å². The van der Waals surface area contributed by atoms with Crippen molar-refractivity contribution in [1.82, 2.24) is 4.90 Å².